The highest BCUT2D eigenvalue weighted by molar-refractivity contribution is 5.31. The molecule has 2 aromatic rings. The van der Waals surface area contributed by atoms with E-state index in [0.29, 0.717) is 6.61 Å². The van der Waals surface area contributed by atoms with Gasteiger partial charge >= 0.3 is 0 Å². The van der Waals surface area contributed by atoms with E-state index in [1.54, 1.807) is 0 Å². The second-order valence-corrected chi connectivity index (χ2v) is 4.51. The van der Waals surface area contributed by atoms with Gasteiger partial charge in [0.15, 0.2) is 0 Å². The summed E-state index contributed by atoms with van der Waals surface area (Å²) in [5.41, 5.74) is 4.65. The zero-order valence-corrected chi connectivity index (χ0v) is 10.8. The van der Waals surface area contributed by atoms with E-state index < -0.39 is 0 Å². The van der Waals surface area contributed by atoms with Crippen LogP contribution in [0.2, 0.25) is 0 Å². The van der Waals surface area contributed by atoms with Crippen LogP contribution < -0.4 is 4.74 Å². The maximum atomic E-state index is 8.95. The van der Waals surface area contributed by atoms with E-state index >= 15 is 0 Å². The third-order valence-corrected chi connectivity index (χ3v) is 3.08. The second-order valence-electron chi connectivity index (χ2n) is 4.51. The Morgan fingerprint density at radius 2 is 1.56 bits per heavy atom. The molecule has 0 aliphatic rings. The Morgan fingerprint density at radius 1 is 0.889 bits per heavy atom. The molecule has 0 bridgehead atoms. The van der Waals surface area contributed by atoms with Crippen molar-refractivity contribution in [2.24, 2.45) is 0 Å². The lowest BCUT2D eigenvalue weighted by atomic mass is 10.1. The maximum Gasteiger partial charge on any atom is 0.119 e. The summed E-state index contributed by atoms with van der Waals surface area (Å²) in [5.74, 6) is 0.824. The van der Waals surface area contributed by atoms with Gasteiger partial charge in [0.25, 0.3) is 0 Å². The third kappa shape index (κ3) is 3.11. The first-order chi connectivity index (χ1) is 8.69. The molecule has 0 fully saturated rings. The second kappa shape index (κ2) is 5.69. The van der Waals surface area contributed by atoms with E-state index in [1.165, 1.54) is 16.7 Å². The Morgan fingerprint density at radius 3 is 2.17 bits per heavy atom. The normalized spacial score (nSPS) is 10.4. The molecular weight excluding hydrogens is 224 g/mol. The van der Waals surface area contributed by atoms with Gasteiger partial charge in [-0.2, -0.15) is 0 Å². The molecule has 94 valence electrons. The molecule has 0 aliphatic carbocycles. The average molecular weight is 242 g/mol. The van der Waals surface area contributed by atoms with Gasteiger partial charge in [-0.1, -0.05) is 30.3 Å². The van der Waals surface area contributed by atoms with Crippen LogP contribution in [0.4, 0.5) is 0 Å². The Hall–Kier alpha value is -1.80. The van der Waals surface area contributed by atoms with Crippen molar-refractivity contribution in [3.63, 3.8) is 0 Å². The van der Waals surface area contributed by atoms with Gasteiger partial charge in [0, 0.05) is 0 Å². The Balaban J connectivity index is 1.99. The topological polar surface area (TPSA) is 29.5 Å². The van der Waals surface area contributed by atoms with Crippen LogP contribution in [0.5, 0.6) is 5.75 Å². The van der Waals surface area contributed by atoms with Crippen molar-refractivity contribution < 1.29 is 9.84 Å². The molecule has 2 aromatic carbocycles. The SMILES string of the molecule is Cc1ccc(COc2ccc(CO)cc2)cc1C. The van der Waals surface area contributed by atoms with Gasteiger partial charge in [-0.3, -0.25) is 0 Å². The lowest BCUT2D eigenvalue weighted by Crippen LogP contribution is -1.96. The summed E-state index contributed by atoms with van der Waals surface area (Å²) in [5, 5.41) is 8.95. The smallest absolute Gasteiger partial charge is 0.119 e. The van der Waals surface area contributed by atoms with Crippen molar-refractivity contribution in [3.05, 3.63) is 64.7 Å². The molecule has 0 saturated carbocycles. The average Bonchev–Trinajstić information content (AvgIpc) is 2.41. The molecule has 0 aliphatic heterocycles. The fourth-order valence-electron chi connectivity index (χ4n) is 1.75. The minimum atomic E-state index is 0.0669. The molecule has 0 atom stereocenters. The first kappa shape index (κ1) is 12.7. The lowest BCUT2D eigenvalue weighted by molar-refractivity contribution is 0.280. The zero-order valence-electron chi connectivity index (χ0n) is 10.8. The van der Waals surface area contributed by atoms with Crippen LogP contribution in [0.1, 0.15) is 22.3 Å². The van der Waals surface area contributed by atoms with Crippen molar-refractivity contribution in [3.8, 4) is 5.75 Å². The van der Waals surface area contributed by atoms with E-state index in [2.05, 4.69) is 32.0 Å². The van der Waals surface area contributed by atoms with Crippen molar-refractivity contribution in [1.29, 1.82) is 0 Å². The van der Waals surface area contributed by atoms with Gasteiger partial charge in [-0.25, -0.2) is 0 Å². The number of rotatable bonds is 4. The predicted octanol–water partition coefficient (Wildman–Crippen LogP) is 3.37. The minimum absolute atomic E-state index is 0.0669. The summed E-state index contributed by atoms with van der Waals surface area (Å²) in [4.78, 5) is 0. The van der Waals surface area contributed by atoms with Crippen LogP contribution in [0.15, 0.2) is 42.5 Å². The highest BCUT2D eigenvalue weighted by atomic mass is 16.5. The first-order valence-corrected chi connectivity index (χ1v) is 6.08. The summed E-state index contributed by atoms with van der Waals surface area (Å²) in [6, 6.07) is 13.9. The number of ether oxygens (including phenoxy) is 1. The maximum absolute atomic E-state index is 8.95. The fourth-order valence-corrected chi connectivity index (χ4v) is 1.75. The Labute approximate surface area is 108 Å². The van der Waals surface area contributed by atoms with Crippen molar-refractivity contribution in [1.82, 2.24) is 0 Å². The van der Waals surface area contributed by atoms with Crippen LogP contribution in [-0.2, 0) is 13.2 Å². The summed E-state index contributed by atoms with van der Waals surface area (Å²) < 4.78 is 5.70. The van der Waals surface area contributed by atoms with E-state index in [9.17, 15) is 0 Å². The molecule has 0 spiro atoms. The molecule has 2 heteroatoms. The number of aliphatic hydroxyl groups is 1. The van der Waals surface area contributed by atoms with Crippen LogP contribution in [-0.4, -0.2) is 5.11 Å². The standard InChI is InChI=1S/C16H18O2/c1-12-3-4-15(9-13(12)2)11-18-16-7-5-14(10-17)6-8-16/h3-9,17H,10-11H2,1-2H3. The summed E-state index contributed by atoms with van der Waals surface area (Å²) in [6.07, 6.45) is 0. The minimum Gasteiger partial charge on any atom is -0.489 e. The van der Waals surface area contributed by atoms with Crippen LogP contribution in [0.25, 0.3) is 0 Å². The highest BCUT2D eigenvalue weighted by Crippen LogP contribution is 2.15. The summed E-state index contributed by atoms with van der Waals surface area (Å²) in [6.45, 7) is 4.85. The molecule has 0 radical (unpaired) electrons. The monoisotopic (exact) mass is 242 g/mol. The lowest BCUT2D eigenvalue weighted by Gasteiger charge is -2.08. The van der Waals surface area contributed by atoms with E-state index in [4.69, 9.17) is 9.84 Å². The number of aryl methyl sites for hydroxylation is 2. The molecule has 18 heavy (non-hydrogen) atoms. The number of hydrogen-bond acceptors (Lipinski definition) is 2. The Bertz CT molecular complexity index is 515. The van der Waals surface area contributed by atoms with Crippen molar-refractivity contribution in [2.45, 2.75) is 27.1 Å². The highest BCUT2D eigenvalue weighted by Gasteiger charge is 1.99. The molecule has 0 saturated heterocycles. The first-order valence-electron chi connectivity index (χ1n) is 6.08. The fraction of sp³-hybridized carbons (Fsp3) is 0.250. The number of benzene rings is 2. The molecule has 0 unspecified atom stereocenters. The van der Waals surface area contributed by atoms with Gasteiger partial charge in [0.05, 0.1) is 6.61 Å². The van der Waals surface area contributed by atoms with Gasteiger partial charge in [-0.05, 0) is 48.2 Å². The van der Waals surface area contributed by atoms with E-state index in [0.717, 1.165) is 11.3 Å². The van der Waals surface area contributed by atoms with Crippen LogP contribution in [0, 0.1) is 13.8 Å². The van der Waals surface area contributed by atoms with E-state index in [-0.39, 0.29) is 6.61 Å². The summed E-state index contributed by atoms with van der Waals surface area (Å²) in [7, 11) is 0. The van der Waals surface area contributed by atoms with Crippen LogP contribution in [0.3, 0.4) is 0 Å². The van der Waals surface area contributed by atoms with E-state index in [1.807, 2.05) is 24.3 Å². The van der Waals surface area contributed by atoms with Crippen molar-refractivity contribution in [2.75, 3.05) is 0 Å². The van der Waals surface area contributed by atoms with Gasteiger partial charge in [-0.15, -0.1) is 0 Å². The van der Waals surface area contributed by atoms with Gasteiger partial charge < -0.3 is 9.84 Å². The third-order valence-electron chi connectivity index (χ3n) is 3.08. The van der Waals surface area contributed by atoms with Gasteiger partial charge in [0.1, 0.15) is 12.4 Å². The molecule has 0 heterocycles. The molecular formula is C16H18O2. The Kier molecular flexibility index (Phi) is 4.00. The molecule has 0 aromatic heterocycles. The summed E-state index contributed by atoms with van der Waals surface area (Å²) >= 11 is 0. The molecule has 0 amide bonds. The zero-order chi connectivity index (χ0) is 13.0. The number of aliphatic hydroxyl groups excluding tert-OH is 1. The molecule has 2 nitrogen and oxygen atoms in total. The van der Waals surface area contributed by atoms with Crippen LogP contribution >= 0.6 is 0 Å². The predicted molar refractivity (Wildman–Crippen MR) is 72.6 cm³/mol. The molecule has 2 rings (SSSR count). The molecule has 1 N–H and O–H groups in total. The van der Waals surface area contributed by atoms with Gasteiger partial charge in [0.2, 0.25) is 0 Å². The largest absolute Gasteiger partial charge is 0.489 e. The quantitative estimate of drug-likeness (QED) is 0.890. The van der Waals surface area contributed by atoms with Crippen molar-refractivity contribution >= 4 is 0 Å². The number of hydrogen-bond donors (Lipinski definition) is 1.